The number of rotatable bonds is 18. The van der Waals surface area contributed by atoms with Gasteiger partial charge in [0, 0.05) is 124 Å². The van der Waals surface area contributed by atoms with Crippen LogP contribution in [0, 0.1) is 47.3 Å². The van der Waals surface area contributed by atoms with Crippen LogP contribution in [0.3, 0.4) is 0 Å². The van der Waals surface area contributed by atoms with Crippen molar-refractivity contribution in [2.75, 3.05) is 0 Å². The number of allylic oxidation sites excluding steroid dienone is 24. The van der Waals surface area contributed by atoms with Gasteiger partial charge in [-0.15, -0.1) is 0 Å². The molecular formula is C95H107N9O10. The lowest BCUT2D eigenvalue weighted by atomic mass is 9.82. The Morgan fingerprint density at radius 3 is 1.38 bits per heavy atom. The number of carbonyl (C=O) groups excluding carboxylic acids is 5. The minimum atomic E-state index is -0.806. The fourth-order valence-electron chi connectivity index (χ4n) is 19.3. The maximum Gasteiger partial charge on any atom is 0.303 e. The topological polar surface area (TPSA) is 264 Å². The fourth-order valence-corrected chi connectivity index (χ4v) is 19.3. The summed E-state index contributed by atoms with van der Waals surface area (Å²) in [7, 11) is 0. The van der Waals surface area contributed by atoms with Crippen molar-refractivity contribution in [3.63, 3.8) is 0 Å². The number of ketones is 2. The molecule has 2 aliphatic carbocycles. The number of aliphatic imine (C=N–C) groups is 6. The number of nitrogens with zero attached hydrogens (tertiary/aromatic N) is 6. The molecule has 3 saturated heterocycles. The Hall–Kier alpha value is -10.8. The SMILES string of the molecule is CCC1=C(C)C2=NC1=CC1=C(C)C3=C(O)CC(=C4NC(=C(c5ccc(C(=O)NC6OC(CC)C(C)C(C)C6OC(C)=O)cc5)C5=NC(=C2)C(C(C)C)=C5C)[C@@H](C)[C@@H]4CCC(C)=O)C3=N1.CCC1=C(C)C2=NC1=CC1=C(C)C3=C(O)CC(=C4NC(=C(c5ccc(OC=O)cc5)C5=NC(=C2)C(C(C)C)=C5C)[C@@H](C)[C@@H]4CCC(C)=O)C3=N1. The number of fused-ring (bicyclic) bond motifs is 10. The molecule has 11 aliphatic heterocycles. The van der Waals surface area contributed by atoms with Crippen molar-refractivity contribution in [3.05, 3.63) is 236 Å². The van der Waals surface area contributed by atoms with Crippen LogP contribution in [0.4, 0.5) is 0 Å². The fraction of sp³-hybridized carbons (Fsp3) is 0.421. The summed E-state index contributed by atoms with van der Waals surface area (Å²) in [6, 6.07) is 15.1. The molecule has 9 atom stereocenters. The molecule has 0 radical (unpaired) electrons. The van der Waals surface area contributed by atoms with E-state index in [-0.39, 0.29) is 76.7 Å². The summed E-state index contributed by atoms with van der Waals surface area (Å²) in [5.41, 5.74) is 32.4. The molecule has 3 fully saturated rings. The molecule has 0 spiro atoms. The van der Waals surface area contributed by atoms with Gasteiger partial charge in [0.15, 0.2) is 6.23 Å². The number of amides is 1. The number of benzene rings is 2. The Labute approximate surface area is 669 Å². The normalized spacial score (nSPS) is 25.5. The summed E-state index contributed by atoms with van der Waals surface area (Å²) >= 11 is 0. The van der Waals surface area contributed by atoms with Gasteiger partial charge in [0.1, 0.15) is 34.9 Å². The maximum absolute atomic E-state index is 14.1. The van der Waals surface area contributed by atoms with E-state index < -0.39 is 18.3 Å². The summed E-state index contributed by atoms with van der Waals surface area (Å²) < 4.78 is 17.3. The monoisotopic (exact) mass is 1530 g/mol. The van der Waals surface area contributed by atoms with Crippen molar-refractivity contribution in [3.8, 4) is 5.75 Å². The molecule has 19 heteroatoms. The Balaban J connectivity index is 0.000000194. The van der Waals surface area contributed by atoms with Gasteiger partial charge in [0.05, 0.1) is 74.6 Å². The van der Waals surface area contributed by atoms with Crippen LogP contribution < -0.4 is 20.7 Å². The largest absolute Gasteiger partial charge is 0.511 e. The van der Waals surface area contributed by atoms with Crippen LogP contribution in [0.1, 0.15) is 218 Å². The van der Waals surface area contributed by atoms with Gasteiger partial charge in [-0.05, 0) is 221 Å². The van der Waals surface area contributed by atoms with Gasteiger partial charge in [0.2, 0.25) is 0 Å². The first-order chi connectivity index (χ1) is 54.4. The molecule has 11 heterocycles. The van der Waals surface area contributed by atoms with Crippen molar-refractivity contribution in [1.82, 2.24) is 16.0 Å². The molecule has 592 valence electrons. The molecule has 114 heavy (non-hydrogen) atoms. The third-order valence-corrected chi connectivity index (χ3v) is 25.5. The minimum absolute atomic E-state index is 0.0130. The second kappa shape index (κ2) is 31.5. The molecule has 5 unspecified atom stereocenters. The van der Waals surface area contributed by atoms with E-state index in [9.17, 15) is 34.2 Å². The average molecular weight is 1530 g/mol. The number of ether oxygens (including phenoxy) is 3. The Morgan fingerprint density at radius 1 is 0.544 bits per heavy atom. The highest BCUT2D eigenvalue weighted by Crippen LogP contribution is 2.53. The van der Waals surface area contributed by atoms with Gasteiger partial charge in [-0.1, -0.05) is 100 Å². The number of hydrogen-bond acceptors (Lipinski definition) is 18. The van der Waals surface area contributed by atoms with Crippen LogP contribution in [0.2, 0.25) is 0 Å². The number of nitrogens with one attached hydrogen (secondary N) is 3. The number of hydrogen-bond donors (Lipinski definition) is 5. The molecule has 1 amide bonds. The smallest absolute Gasteiger partial charge is 0.303 e. The third-order valence-electron chi connectivity index (χ3n) is 25.5. The molecule has 16 bridgehead atoms. The molecule has 0 aromatic heterocycles. The highest BCUT2D eigenvalue weighted by atomic mass is 16.6. The summed E-state index contributed by atoms with van der Waals surface area (Å²) in [5.74, 6) is 0.815. The first-order valence-corrected chi connectivity index (χ1v) is 40.8. The molecule has 0 saturated carbocycles. The third kappa shape index (κ3) is 14.1. The van der Waals surface area contributed by atoms with Crippen LogP contribution in [-0.2, 0) is 28.7 Å². The predicted molar refractivity (Wildman–Crippen MR) is 451 cm³/mol. The van der Waals surface area contributed by atoms with Crippen LogP contribution in [0.25, 0.3) is 11.1 Å². The van der Waals surface area contributed by atoms with Crippen molar-refractivity contribution < 1.29 is 48.4 Å². The zero-order valence-corrected chi connectivity index (χ0v) is 69.6. The lowest BCUT2D eigenvalue weighted by Crippen LogP contribution is -2.57. The van der Waals surface area contributed by atoms with Crippen molar-refractivity contribution >= 4 is 75.3 Å². The van der Waals surface area contributed by atoms with Gasteiger partial charge in [0.25, 0.3) is 12.4 Å². The Bertz CT molecular complexity index is 5380. The zero-order chi connectivity index (χ0) is 81.6. The summed E-state index contributed by atoms with van der Waals surface area (Å²) in [5, 5.41) is 34.0. The van der Waals surface area contributed by atoms with E-state index in [2.05, 4.69) is 137 Å². The van der Waals surface area contributed by atoms with Crippen molar-refractivity contribution in [2.24, 2.45) is 77.3 Å². The summed E-state index contributed by atoms with van der Waals surface area (Å²) in [6.45, 7) is 41.4. The minimum Gasteiger partial charge on any atom is -0.511 e. The van der Waals surface area contributed by atoms with E-state index in [4.69, 9.17) is 44.2 Å². The van der Waals surface area contributed by atoms with Crippen LogP contribution in [-0.4, -0.2) is 92.8 Å². The summed E-state index contributed by atoms with van der Waals surface area (Å²) in [4.78, 5) is 94.2. The van der Waals surface area contributed by atoms with Crippen molar-refractivity contribution in [2.45, 2.75) is 215 Å². The van der Waals surface area contributed by atoms with E-state index in [1.54, 1.807) is 26.0 Å². The number of aliphatic hydroxyl groups excluding tert-OH is 2. The van der Waals surface area contributed by atoms with E-state index in [1.165, 1.54) is 18.1 Å². The van der Waals surface area contributed by atoms with Gasteiger partial charge in [-0.25, -0.2) is 30.0 Å². The van der Waals surface area contributed by atoms with Crippen LogP contribution in [0.5, 0.6) is 5.75 Å². The predicted octanol–water partition coefficient (Wildman–Crippen LogP) is 19.0. The molecule has 19 nitrogen and oxygen atoms in total. The quantitative estimate of drug-likeness (QED) is 0.0689. The van der Waals surface area contributed by atoms with E-state index in [0.29, 0.717) is 62.1 Å². The van der Waals surface area contributed by atoms with E-state index >= 15 is 0 Å². The second-order valence-corrected chi connectivity index (χ2v) is 33.2. The number of aliphatic hydroxyl groups is 2. The first-order valence-electron chi connectivity index (χ1n) is 40.8. The highest BCUT2D eigenvalue weighted by Gasteiger charge is 2.48. The van der Waals surface area contributed by atoms with Crippen molar-refractivity contribution in [1.29, 1.82) is 0 Å². The second-order valence-electron chi connectivity index (χ2n) is 33.2. The van der Waals surface area contributed by atoms with Crippen LogP contribution >= 0.6 is 0 Å². The lowest BCUT2D eigenvalue weighted by molar-refractivity contribution is -0.199. The standard InChI is InChI=1S/C53H63N5O6.C42H44N4O4/c1-13-35-28(8)38-23-41-44(24(3)4)31(11)48(56-41)46(33-16-18-34(19-17-33)52(62)58-53-51(63-32(12)60)27(7)26(6)43(14-2)64-53)47-29(9)36(20-15-25(5)59)49(57-47)37-21-42(61)45-30(10)39(55-50(37)45)22-40(35)54-38;1-9-28-22(5)31-18-34-36(20(2)3)25(8)40(45-34)38(26-11-13-27(14-12-26)50-19-47)39-23(6)29(15-10-21(4)48)41(46-39)30-16-35(49)37-24(7)32(44-42(30)37)17-33(28)43-31/h16-19,22-24,26-27,29,36,43,51,53,57,61H,13-15,20-21H2,1-12H3,(H,58,62);11-14,17-20,23,29,46,49H,9-10,15-16H2,1-8H3/t26?,27?,29-,36-,43?,51?,53?;23-,29-/m00/s1. The van der Waals surface area contributed by atoms with Gasteiger partial charge in [-0.2, -0.15) is 0 Å². The molecule has 2 aromatic carbocycles. The maximum atomic E-state index is 14.1. The molecule has 13 aliphatic rings. The molecular weight excluding hydrogens is 1430 g/mol. The Morgan fingerprint density at radius 2 is 0.982 bits per heavy atom. The number of carbonyl (C=O) groups is 5. The highest BCUT2D eigenvalue weighted by molar-refractivity contribution is 6.36. The number of Topliss-reactive ketones (excluding diaryl/α,β-unsaturated/α-hetero) is 2. The Kier molecular flexibility index (Phi) is 22.1. The summed E-state index contributed by atoms with van der Waals surface area (Å²) in [6.07, 6.45) is 12.0. The molecule has 2 aromatic rings. The van der Waals surface area contributed by atoms with Crippen LogP contribution in [0.15, 0.2) is 249 Å². The average Bonchev–Trinajstić information content (AvgIpc) is 1.58. The van der Waals surface area contributed by atoms with Gasteiger partial charge in [-0.3, -0.25) is 14.4 Å². The molecule has 5 N–H and O–H groups in total. The van der Waals surface area contributed by atoms with Gasteiger partial charge >= 0.3 is 5.97 Å². The zero-order valence-electron chi connectivity index (χ0n) is 69.6. The first kappa shape index (κ1) is 79.8. The lowest BCUT2D eigenvalue weighted by Gasteiger charge is -2.44. The van der Waals surface area contributed by atoms with E-state index in [0.717, 1.165) is 200 Å². The van der Waals surface area contributed by atoms with Gasteiger partial charge < -0.3 is 50.0 Å². The number of esters is 1. The molecule has 15 rings (SSSR count). The van der Waals surface area contributed by atoms with E-state index in [1.807, 2.05) is 57.2 Å².